The number of fused-ring (bicyclic) bond motifs is 1. The first-order chi connectivity index (χ1) is 6.76. The highest BCUT2D eigenvalue weighted by Gasteiger charge is 2.07. The molecule has 0 saturated heterocycles. The highest BCUT2D eigenvalue weighted by Crippen LogP contribution is 2.23. The van der Waals surface area contributed by atoms with Crippen LogP contribution in [0.2, 0.25) is 0 Å². The molecule has 3 nitrogen and oxygen atoms in total. The van der Waals surface area contributed by atoms with Crippen molar-refractivity contribution in [1.29, 1.82) is 0 Å². The molecule has 1 aromatic heterocycles. The van der Waals surface area contributed by atoms with Crippen LogP contribution in [0.25, 0.3) is 10.9 Å². The molecule has 1 heterocycles. The van der Waals surface area contributed by atoms with Crippen molar-refractivity contribution >= 4 is 33.1 Å². The van der Waals surface area contributed by atoms with E-state index in [0.29, 0.717) is 5.56 Å². The lowest BCUT2D eigenvalue weighted by atomic mass is 10.2. The largest absolute Gasteiger partial charge is 0.417 e. The molecule has 0 radical (unpaired) electrons. The van der Waals surface area contributed by atoms with Crippen LogP contribution in [0, 0.1) is 0 Å². The standard InChI is InChI=1S/C10H8BrNO2/c1-14-12-5-7(6-13)9-4-8(11)2-3-10(9)12/h2-6H,1H3. The lowest BCUT2D eigenvalue weighted by Gasteiger charge is -2.00. The number of benzene rings is 1. The first kappa shape index (κ1) is 9.27. The molecule has 0 aliphatic carbocycles. The Balaban J connectivity index is 2.82. The molecule has 0 spiro atoms. The SMILES string of the molecule is COn1cc(C=O)c2cc(Br)ccc21. The second kappa shape index (κ2) is 3.46. The third-order valence-corrected chi connectivity index (χ3v) is 2.58. The van der Waals surface area contributed by atoms with E-state index in [2.05, 4.69) is 15.9 Å². The summed E-state index contributed by atoms with van der Waals surface area (Å²) in [5, 5.41) is 0.885. The zero-order chi connectivity index (χ0) is 10.1. The smallest absolute Gasteiger partial charge is 0.152 e. The van der Waals surface area contributed by atoms with E-state index in [4.69, 9.17) is 4.84 Å². The Morgan fingerprint density at radius 1 is 1.50 bits per heavy atom. The fraction of sp³-hybridized carbons (Fsp3) is 0.100. The molecule has 14 heavy (non-hydrogen) atoms. The van der Waals surface area contributed by atoms with Crippen LogP contribution in [0.1, 0.15) is 10.4 Å². The quantitative estimate of drug-likeness (QED) is 0.770. The number of rotatable bonds is 2. The van der Waals surface area contributed by atoms with Gasteiger partial charge in [-0.15, -0.1) is 0 Å². The zero-order valence-corrected chi connectivity index (χ0v) is 9.11. The van der Waals surface area contributed by atoms with Gasteiger partial charge in [0, 0.05) is 15.4 Å². The van der Waals surface area contributed by atoms with Gasteiger partial charge in [0.15, 0.2) is 6.29 Å². The summed E-state index contributed by atoms with van der Waals surface area (Å²) in [5.41, 5.74) is 1.51. The van der Waals surface area contributed by atoms with Crippen molar-refractivity contribution in [1.82, 2.24) is 4.73 Å². The fourth-order valence-electron chi connectivity index (χ4n) is 1.44. The first-order valence-corrected chi connectivity index (χ1v) is 4.86. The molecule has 1 aromatic carbocycles. The van der Waals surface area contributed by atoms with E-state index in [9.17, 15) is 4.79 Å². The molecule has 4 heteroatoms. The third kappa shape index (κ3) is 1.32. The van der Waals surface area contributed by atoms with Crippen molar-refractivity contribution in [2.75, 3.05) is 7.11 Å². The normalized spacial score (nSPS) is 10.4. The number of hydrogen-bond acceptors (Lipinski definition) is 2. The van der Waals surface area contributed by atoms with Gasteiger partial charge in [0.2, 0.25) is 0 Å². The molecule has 0 unspecified atom stereocenters. The highest BCUT2D eigenvalue weighted by atomic mass is 79.9. The Bertz CT molecular complexity index is 490. The molecule has 0 N–H and O–H groups in total. The first-order valence-electron chi connectivity index (χ1n) is 4.06. The molecule has 0 aliphatic rings. The molecule has 0 fully saturated rings. The molecular formula is C10H8BrNO2. The minimum absolute atomic E-state index is 0.628. The Morgan fingerprint density at radius 2 is 2.29 bits per heavy atom. The van der Waals surface area contributed by atoms with Gasteiger partial charge in [-0.1, -0.05) is 15.9 Å². The lowest BCUT2D eigenvalue weighted by molar-refractivity contribution is 0.112. The predicted octanol–water partition coefficient (Wildman–Crippen LogP) is 2.27. The maximum atomic E-state index is 10.8. The summed E-state index contributed by atoms with van der Waals surface area (Å²) in [6, 6.07) is 5.71. The minimum atomic E-state index is 0.628. The van der Waals surface area contributed by atoms with Crippen molar-refractivity contribution in [3.05, 3.63) is 34.4 Å². The molecule has 2 rings (SSSR count). The molecule has 2 aromatic rings. The Morgan fingerprint density at radius 3 is 2.93 bits per heavy atom. The number of halogens is 1. The van der Waals surface area contributed by atoms with E-state index in [1.807, 2.05) is 18.2 Å². The van der Waals surface area contributed by atoms with Gasteiger partial charge in [0.25, 0.3) is 0 Å². The molecule has 0 amide bonds. The molecular weight excluding hydrogens is 246 g/mol. The Hall–Kier alpha value is -1.29. The van der Waals surface area contributed by atoms with Gasteiger partial charge in [-0.25, -0.2) is 0 Å². The average molecular weight is 254 g/mol. The summed E-state index contributed by atoms with van der Waals surface area (Å²) in [7, 11) is 1.57. The van der Waals surface area contributed by atoms with E-state index >= 15 is 0 Å². The Kier molecular flexibility index (Phi) is 2.29. The maximum Gasteiger partial charge on any atom is 0.152 e. The lowest BCUT2D eigenvalue weighted by Crippen LogP contribution is -2.02. The number of aromatic nitrogens is 1. The number of carbonyl (C=O) groups is 1. The summed E-state index contributed by atoms with van der Waals surface area (Å²) in [4.78, 5) is 15.9. The number of carbonyl (C=O) groups excluding carboxylic acids is 1. The van der Waals surface area contributed by atoms with Crippen LogP contribution < -0.4 is 4.84 Å². The summed E-state index contributed by atoms with van der Waals surface area (Å²) >= 11 is 3.36. The molecule has 0 saturated carbocycles. The number of aldehydes is 1. The van der Waals surface area contributed by atoms with Gasteiger partial charge in [0.05, 0.1) is 11.7 Å². The summed E-state index contributed by atoms with van der Waals surface area (Å²) in [6.07, 6.45) is 2.49. The van der Waals surface area contributed by atoms with Gasteiger partial charge in [-0.05, 0) is 18.2 Å². The van der Waals surface area contributed by atoms with Gasteiger partial charge in [-0.3, -0.25) is 4.79 Å². The van der Waals surface area contributed by atoms with E-state index in [-0.39, 0.29) is 0 Å². The van der Waals surface area contributed by atoms with Crippen LogP contribution in [0.4, 0.5) is 0 Å². The van der Waals surface area contributed by atoms with E-state index in [1.165, 1.54) is 0 Å². The maximum absolute atomic E-state index is 10.8. The Labute approximate surface area is 89.4 Å². The molecule has 72 valence electrons. The zero-order valence-electron chi connectivity index (χ0n) is 7.53. The van der Waals surface area contributed by atoms with Gasteiger partial charge < -0.3 is 4.84 Å². The van der Waals surface area contributed by atoms with Crippen LogP contribution >= 0.6 is 15.9 Å². The van der Waals surface area contributed by atoms with Crippen LogP contribution in [0.3, 0.4) is 0 Å². The van der Waals surface area contributed by atoms with E-state index in [0.717, 1.165) is 21.7 Å². The molecule has 0 atom stereocenters. The minimum Gasteiger partial charge on any atom is -0.417 e. The van der Waals surface area contributed by atoms with Crippen molar-refractivity contribution in [3.63, 3.8) is 0 Å². The van der Waals surface area contributed by atoms with Crippen LogP contribution in [0.15, 0.2) is 28.9 Å². The average Bonchev–Trinajstić information content (AvgIpc) is 2.55. The van der Waals surface area contributed by atoms with Crippen molar-refractivity contribution in [3.8, 4) is 0 Å². The predicted molar refractivity (Wildman–Crippen MR) is 57.5 cm³/mol. The summed E-state index contributed by atoms with van der Waals surface area (Å²) in [6.45, 7) is 0. The second-order valence-corrected chi connectivity index (χ2v) is 3.79. The van der Waals surface area contributed by atoms with Gasteiger partial charge in [0.1, 0.15) is 7.11 Å². The van der Waals surface area contributed by atoms with Crippen LogP contribution in [0.5, 0.6) is 0 Å². The monoisotopic (exact) mass is 253 g/mol. The highest BCUT2D eigenvalue weighted by molar-refractivity contribution is 9.10. The van der Waals surface area contributed by atoms with Crippen molar-refractivity contribution in [2.24, 2.45) is 0 Å². The molecule has 0 aliphatic heterocycles. The summed E-state index contributed by atoms with van der Waals surface area (Å²) < 4.78 is 2.52. The van der Waals surface area contributed by atoms with Gasteiger partial charge in [-0.2, -0.15) is 4.73 Å². The number of nitrogens with zero attached hydrogens (tertiary/aromatic N) is 1. The third-order valence-electron chi connectivity index (χ3n) is 2.09. The van der Waals surface area contributed by atoms with Crippen LogP contribution in [-0.2, 0) is 0 Å². The second-order valence-electron chi connectivity index (χ2n) is 2.87. The molecule has 0 bridgehead atoms. The summed E-state index contributed by atoms with van der Waals surface area (Å²) in [5.74, 6) is 0. The van der Waals surface area contributed by atoms with E-state index in [1.54, 1.807) is 18.0 Å². The fourth-order valence-corrected chi connectivity index (χ4v) is 1.80. The van der Waals surface area contributed by atoms with E-state index < -0.39 is 0 Å². The van der Waals surface area contributed by atoms with Gasteiger partial charge >= 0.3 is 0 Å². The van der Waals surface area contributed by atoms with Crippen molar-refractivity contribution in [2.45, 2.75) is 0 Å². The van der Waals surface area contributed by atoms with Crippen LogP contribution in [-0.4, -0.2) is 18.1 Å². The number of hydrogen-bond donors (Lipinski definition) is 0. The van der Waals surface area contributed by atoms with Crippen molar-refractivity contribution < 1.29 is 9.63 Å². The topological polar surface area (TPSA) is 31.2 Å².